The Morgan fingerprint density at radius 2 is 2.17 bits per heavy atom. The summed E-state index contributed by atoms with van der Waals surface area (Å²) in [7, 11) is 0. The third-order valence-corrected chi connectivity index (χ3v) is 5.67. The third-order valence-electron chi connectivity index (χ3n) is 5.37. The second kappa shape index (κ2) is 10.4. The van der Waals surface area contributed by atoms with E-state index in [0.29, 0.717) is 55.6 Å². The normalized spacial score (nSPS) is 21.6. The first-order valence-corrected chi connectivity index (χ1v) is 10.8. The Bertz CT molecular complexity index is 948. The van der Waals surface area contributed by atoms with Crippen LogP contribution >= 0.6 is 11.6 Å². The van der Waals surface area contributed by atoms with Crippen LogP contribution in [0.15, 0.2) is 36.5 Å². The lowest BCUT2D eigenvalue weighted by molar-refractivity contribution is -0.131. The van der Waals surface area contributed by atoms with E-state index >= 15 is 0 Å². The molecule has 2 saturated heterocycles. The Balaban J connectivity index is 1.50. The molecular formula is C23H28ClN3O3. The molecule has 4 rings (SSSR count). The Morgan fingerprint density at radius 3 is 2.97 bits per heavy atom. The summed E-state index contributed by atoms with van der Waals surface area (Å²) in [5, 5.41) is 6.69. The molecule has 160 valence electrons. The van der Waals surface area contributed by atoms with E-state index in [1.165, 1.54) is 0 Å². The molecule has 2 aliphatic heterocycles. The first-order valence-electron chi connectivity index (χ1n) is 11.4. The molecule has 2 aromatic rings. The zero-order valence-electron chi connectivity index (χ0n) is 18.8. The first-order chi connectivity index (χ1) is 15.4. The lowest BCUT2D eigenvalue weighted by atomic mass is 10.00. The fourth-order valence-corrected chi connectivity index (χ4v) is 3.87. The smallest absolute Gasteiger partial charge is 0.168 e. The Labute approximate surface area is 185 Å². The number of halogens is 1. The maximum absolute atomic E-state index is 12.6. The van der Waals surface area contributed by atoms with E-state index in [9.17, 15) is 4.79 Å². The van der Waals surface area contributed by atoms with E-state index in [-0.39, 0.29) is 18.1 Å². The van der Waals surface area contributed by atoms with Crippen molar-refractivity contribution in [3.8, 4) is 11.1 Å². The number of nitrogens with one attached hydrogen (secondary N) is 2. The van der Waals surface area contributed by atoms with E-state index in [4.69, 9.17) is 23.8 Å². The summed E-state index contributed by atoms with van der Waals surface area (Å²) in [6, 6.07) is 9.31. The molecule has 2 fully saturated rings. The third kappa shape index (κ3) is 5.58. The number of Topliss-reactive ketones (excluding diaryl/α,β-unsaturated/α-hetero) is 1. The lowest BCUT2D eigenvalue weighted by Gasteiger charge is -2.23. The highest BCUT2D eigenvalue weighted by Gasteiger charge is 2.22. The lowest BCUT2D eigenvalue weighted by Crippen LogP contribution is -2.43. The van der Waals surface area contributed by atoms with Crippen molar-refractivity contribution < 1.29 is 17.0 Å². The highest BCUT2D eigenvalue weighted by Crippen LogP contribution is 2.30. The predicted octanol–water partition coefficient (Wildman–Crippen LogP) is 3.34. The highest BCUT2D eigenvalue weighted by atomic mass is 35.5. The van der Waals surface area contributed by atoms with Crippen LogP contribution in [-0.2, 0) is 20.7 Å². The van der Waals surface area contributed by atoms with Crippen molar-refractivity contribution in [2.75, 3.05) is 44.7 Å². The maximum Gasteiger partial charge on any atom is 0.168 e. The molecular weight excluding hydrogens is 402 g/mol. The van der Waals surface area contributed by atoms with E-state index in [2.05, 4.69) is 15.6 Å². The van der Waals surface area contributed by atoms with Gasteiger partial charge in [0.1, 0.15) is 6.10 Å². The zero-order valence-corrected chi connectivity index (χ0v) is 17.6. The molecule has 0 spiro atoms. The summed E-state index contributed by atoms with van der Waals surface area (Å²) in [5.41, 5.74) is 2.88. The number of carbonyl (C=O) groups is 1. The van der Waals surface area contributed by atoms with Crippen LogP contribution in [-0.4, -0.2) is 56.3 Å². The van der Waals surface area contributed by atoms with Crippen LogP contribution in [0.25, 0.3) is 11.1 Å². The number of anilines is 1. The Hall–Kier alpha value is -1.99. The van der Waals surface area contributed by atoms with Gasteiger partial charge in [0.05, 0.1) is 18.1 Å². The van der Waals surface area contributed by atoms with Crippen molar-refractivity contribution in [3.63, 3.8) is 0 Å². The highest BCUT2D eigenvalue weighted by molar-refractivity contribution is 6.33. The fourth-order valence-electron chi connectivity index (χ4n) is 3.66. The quantitative estimate of drug-likeness (QED) is 0.700. The van der Waals surface area contributed by atoms with Crippen LogP contribution in [0.5, 0.6) is 0 Å². The SMILES string of the molecule is [2H]C([2H])(Nc1cccc(-c2cc(CC(=O)[C@H]3CNCCO3)ncc2Cl)c1)C1CCOCC1. The Morgan fingerprint density at radius 1 is 1.30 bits per heavy atom. The number of hydrogen-bond donors (Lipinski definition) is 2. The van der Waals surface area contributed by atoms with Crippen molar-refractivity contribution in [1.82, 2.24) is 10.3 Å². The monoisotopic (exact) mass is 431 g/mol. The second-order valence-electron chi connectivity index (χ2n) is 7.60. The molecule has 2 aliphatic rings. The van der Waals surface area contributed by atoms with Crippen LogP contribution in [0.1, 0.15) is 21.3 Å². The number of aromatic nitrogens is 1. The molecule has 30 heavy (non-hydrogen) atoms. The van der Waals surface area contributed by atoms with Crippen LogP contribution in [0.3, 0.4) is 0 Å². The van der Waals surface area contributed by atoms with Gasteiger partial charge in [-0.25, -0.2) is 0 Å². The summed E-state index contributed by atoms with van der Waals surface area (Å²) in [5.74, 6) is -0.128. The second-order valence-corrected chi connectivity index (χ2v) is 8.01. The van der Waals surface area contributed by atoms with Gasteiger partial charge in [0, 0.05) is 58.7 Å². The predicted molar refractivity (Wildman–Crippen MR) is 118 cm³/mol. The van der Waals surface area contributed by atoms with Crippen molar-refractivity contribution in [2.24, 2.45) is 5.92 Å². The van der Waals surface area contributed by atoms with E-state index in [1.807, 2.05) is 30.3 Å². The summed E-state index contributed by atoms with van der Waals surface area (Å²) in [6.45, 7) is 1.42. The largest absolute Gasteiger partial charge is 0.385 e. The molecule has 2 N–H and O–H groups in total. The summed E-state index contributed by atoms with van der Waals surface area (Å²) < 4.78 is 27.9. The minimum absolute atomic E-state index is 0.0157. The van der Waals surface area contributed by atoms with E-state index in [0.717, 1.165) is 17.7 Å². The molecule has 7 heteroatoms. The summed E-state index contributed by atoms with van der Waals surface area (Å²) in [4.78, 5) is 16.9. The van der Waals surface area contributed by atoms with Gasteiger partial charge in [-0.1, -0.05) is 23.7 Å². The molecule has 6 nitrogen and oxygen atoms in total. The number of ether oxygens (including phenoxy) is 2. The number of morpholine rings is 1. The zero-order chi connectivity index (χ0) is 22.6. The molecule has 0 radical (unpaired) electrons. The van der Waals surface area contributed by atoms with Crippen molar-refractivity contribution in [1.29, 1.82) is 0 Å². The molecule has 0 aliphatic carbocycles. The molecule has 1 aromatic heterocycles. The van der Waals surface area contributed by atoms with Gasteiger partial charge < -0.3 is 20.1 Å². The topological polar surface area (TPSA) is 72.5 Å². The molecule has 0 bridgehead atoms. The minimum Gasteiger partial charge on any atom is -0.385 e. The van der Waals surface area contributed by atoms with Crippen LogP contribution in [0.2, 0.25) is 5.02 Å². The standard InChI is InChI=1S/C23H28ClN3O3/c24-21-14-27-19(12-22(28)23-15-25-6-9-30-23)11-20(21)17-2-1-3-18(10-17)26-13-16-4-7-29-8-5-16/h1-3,10-11,14,16,23,25-26H,4-9,12-13,15H2/t23-/m1/s1/i13D2. The first kappa shape index (κ1) is 18.8. The van der Waals surface area contributed by atoms with Gasteiger partial charge in [-0.15, -0.1) is 0 Å². The van der Waals surface area contributed by atoms with Gasteiger partial charge in [0.15, 0.2) is 5.78 Å². The van der Waals surface area contributed by atoms with Crippen molar-refractivity contribution >= 4 is 23.1 Å². The van der Waals surface area contributed by atoms with Crippen molar-refractivity contribution in [2.45, 2.75) is 25.4 Å². The van der Waals surface area contributed by atoms with E-state index in [1.54, 1.807) is 6.20 Å². The van der Waals surface area contributed by atoms with Gasteiger partial charge in [0.25, 0.3) is 0 Å². The summed E-state index contributed by atoms with van der Waals surface area (Å²) >= 11 is 6.43. The molecule has 0 unspecified atom stereocenters. The Kier molecular flexibility index (Phi) is 6.47. The van der Waals surface area contributed by atoms with Gasteiger partial charge in [0.2, 0.25) is 0 Å². The molecule has 0 amide bonds. The van der Waals surface area contributed by atoms with Gasteiger partial charge >= 0.3 is 0 Å². The van der Waals surface area contributed by atoms with Crippen LogP contribution in [0.4, 0.5) is 5.69 Å². The van der Waals surface area contributed by atoms with Crippen LogP contribution in [0, 0.1) is 5.92 Å². The van der Waals surface area contributed by atoms with Gasteiger partial charge in [-0.3, -0.25) is 9.78 Å². The summed E-state index contributed by atoms with van der Waals surface area (Å²) in [6.07, 6.45) is 2.65. The number of benzene rings is 1. The van der Waals surface area contributed by atoms with Crippen LogP contribution < -0.4 is 10.6 Å². The molecule has 1 atom stereocenters. The average molecular weight is 432 g/mol. The molecule has 1 aromatic carbocycles. The average Bonchev–Trinajstić information content (AvgIpc) is 2.81. The van der Waals surface area contributed by atoms with Gasteiger partial charge in [-0.05, 0) is 42.5 Å². The van der Waals surface area contributed by atoms with Gasteiger partial charge in [-0.2, -0.15) is 0 Å². The van der Waals surface area contributed by atoms with Crippen molar-refractivity contribution in [3.05, 3.63) is 47.2 Å². The number of rotatable bonds is 7. The number of carbonyl (C=O) groups excluding carboxylic acids is 1. The number of ketones is 1. The number of pyridine rings is 1. The molecule has 3 heterocycles. The number of hydrogen-bond acceptors (Lipinski definition) is 6. The maximum atomic E-state index is 12.6. The molecule has 0 saturated carbocycles. The minimum atomic E-state index is -1.55. The fraction of sp³-hybridized carbons (Fsp3) is 0.478. The van der Waals surface area contributed by atoms with E-state index < -0.39 is 12.6 Å². The number of nitrogens with zero attached hydrogens (tertiary/aromatic N) is 1.